The molecule has 0 N–H and O–H groups in total. The first-order valence-corrected chi connectivity index (χ1v) is 17.0. The van der Waals surface area contributed by atoms with Gasteiger partial charge in [-0.2, -0.15) is 0 Å². The summed E-state index contributed by atoms with van der Waals surface area (Å²) in [7, 11) is 0. The van der Waals surface area contributed by atoms with Crippen LogP contribution in [0.4, 0.5) is 0 Å². The van der Waals surface area contributed by atoms with Crippen LogP contribution in [0.3, 0.4) is 0 Å². The Labute approximate surface area is 116 Å². The van der Waals surface area contributed by atoms with Crippen molar-refractivity contribution in [3.05, 3.63) is 22.8 Å². The van der Waals surface area contributed by atoms with E-state index in [1.807, 2.05) is 6.08 Å². The summed E-state index contributed by atoms with van der Waals surface area (Å²) in [5.41, 5.74) is 0. The van der Waals surface area contributed by atoms with E-state index in [4.69, 9.17) is 9.47 Å². The summed E-state index contributed by atoms with van der Waals surface area (Å²) in [6.45, 7) is 8.95. The second kappa shape index (κ2) is 7.71. The topological polar surface area (TPSA) is 18.5 Å². The molecule has 0 amide bonds. The van der Waals surface area contributed by atoms with Crippen LogP contribution in [0.2, 0.25) is 14.8 Å². The second-order valence-corrected chi connectivity index (χ2v) is 21.0. The molecule has 104 valence electrons. The average Bonchev–Trinajstić information content (AvgIpc) is 2.29. The molecular weight excluding hydrogens is 331 g/mol. The molecule has 0 spiro atoms. The van der Waals surface area contributed by atoms with Crippen molar-refractivity contribution < 1.29 is 9.47 Å². The molecule has 1 heterocycles. The van der Waals surface area contributed by atoms with Crippen molar-refractivity contribution in [2.45, 2.75) is 59.3 Å². The normalized spacial score (nSPS) is 22.5. The zero-order chi connectivity index (χ0) is 13.6. The standard InChI is InChI=1S/C12H19O2.3CH3.Sn/c1-3-7-11(8-4-2)14-12-9-5-6-10-13-12;;;;/h3,11-12H,1-2,5-10H2;3*1H3;/t11-,12?;;;;/m0..../s1. The van der Waals surface area contributed by atoms with Gasteiger partial charge in [-0.3, -0.25) is 0 Å². The van der Waals surface area contributed by atoms with Crippen LogP contribution in [0, 0.1) is 0 Å². The molecule has 18 heavy (non-hydrogen) atoms. The minimum absolute atomic E-state index is 0.00771. The molecule has 2 atom stereocenters. The Morgan fingerprint density at radius 2 is 2.17 bits per heavy atom. The SMILES string of the molecule is C=CC[C@@H](C[C](=C)[Sn]([CH3])([CH3])[CH3])OC1CCCCO1. The minimum atomic E-state index is -1.99. The van der Waals surface area contributed by atoms with Crippen LogP contribution in [0.15, 0.2) is 22.8 Å². The number of ether oxygens (including phenoxy) is 2. The quantitative estimate of drug-likeness (QED) is 0.499. The second-order valence-electron chi connectivity index (χ2n) is 6.14. The van der Waals surface area contributed by atoms with Gasteiger partial charge in [0, 0.05) is 0 Å². The van der Waals surface area contributed by atoms with Crippen molar-refractivity contribution in [1.29, 1.82) is 0 Å². The molecule has 0 radical (unpaired) electrons. The predicted octanol–water partition coefficient (Wildman–Crippen LogP) is 4.30. The van der Waals surface area contributed by atoms with Crippen molar-refractivity contribution in [2.75, 3.05) is 6.61 Å². The molecule has 0 bridgehead atoms. The van der Waals surface area contributed by atoms with Gasteiger partial charge >= 0.3 is 117 Å². The zero-order valence-corrected chi connectivity index (χ0v) is 15.1. The van der Waals surface area contributed by atoms with Gasteiger partial charge in [0.25, 0.3) is 0 Å². The van der Waals surface area contributed by atoms with Gasteiger partial charge in [-0.1, -0.05) is 0 Å². The van der Waals surface area contributed by atoms with Gasteiger partial charge in [-0.15, -0.1) is 0 Å². The summed E-state index contributed by atoms with van der Waals surface area (Å²) in [6, 6.07) is 0. The summed E-state index contributed by atoms with van der Waals surface area (Å²) in [4.78, 5) is 7.21. The van der Waals surface area contributed by atoms with Crippen LogP contribution in [-0.4, -0.2) is 37.4 Å². The van der Waals surface area contributed by atoms with Gasteiger partial charge in [0.1, 0.15) is 0 Å². The van der Waals surface area contributed by atoms with E-state index in [2.05, 4.69) is 28.0 Å². The van der Waals surface area contributed by atoms with Gasteiger partial charge < -0.3 is 0 Å². The van der Waals surface area contributed by atoms with Crippen LogP contribution in [0.1, 0.15) is 32.1 Å². The van der Waals surface area contributed by atoms with Gasteiger partial charge in [0.05, 0.1) is 0 Å². The van der Waals surface area contributed by atoms with E-state index in [-0.39, 0.29) is 12.4 Å². The molecule has 1 saturated heterocycles. The van der Waals surface area contributed by atoms with Crippen LogP contribution in [-0.2, 0) is 9.47 Å². The Morgan fingerprint density at radius 3 is 2.67 bits per heavy atom. The zero-order valence-electron chi connectivity index (χ0n) is 12.2. The molecule has 1 aliphatic rings. The fourth-order valence-electron chi connectivity index (χ4n) is 1.99. The van der Waals surface area contributed by atoms with Crippen LogP contribution in [0.5, 0.6) is 0 Å². The van der Waals surface area contributed by atoms with E-state index < -0.39 is 18.4 Å². The van der Waals surface area contributed by atoms with E-state index >= 15 is 0 Å². The Morgan fingerprint density at radius 1 is 1.44 bits per heavy atom. The molecule has 2 nitrogen and oxygen atoms in total. The maximum absolute atomic E-state index is 6.08. The Hall–Kier alpha value is 0.199. The van der Waals surface area contributed by atoms with E-state index in [9.17, 15) is 0 Å². The first-order chi connectivity index (χ1) is 8.43. The summed E-state index contributed by atoms with van der Waals surface area (Å²) >= 11 is -1.99. The molecule has 0 aromatic rings. The van der Waals surface area contributed by atoms with Gasteiger partial charge in [-0.25, -0.2) is 0 Å². The summed E-state index contributed by atoms with van der Waals surface area (Å²) in [5.74, 6) is 0. The number of rotatable bonds is 7. The van der Waals surface area contributed by atoms with Crippen LogP contribution < -0.4 is 0 Å². The van der Waals surface area contributed by atoms with E-state index in [0.717, 1.165) is 32.3 Å². The summed E-state index contributed by atoms with van der Waals surface area (Å²) < 4.78 is 13.2. The first kappa shape index (κ1) is 16.3. The molecule has 0 aliphatic carbocycles. The van der Waals surface area contributed by atoms with Crippen LogP contribution in [0.25, 0.3) is 0 Å². The van der Waals surface area contributed by atoms with Crippen LogP contribution >= 0.6 is 0 Å². The van der Waals surface area contributed by atoms with Gasteiger partial charge in [-0.05, 0) is 0 Å². The fraction of sp³-hybridized carbons (Fsp3) is 0.733. The van der Waals surface area contributed by atoms with Gasteiger partial charge in [0.15, 0.2) is 0 Å². The summed E-state index contributed by atoms with van der Waals surface area (Å²) in [5, 5.41) is 0. The molecule has 0 aromatic carbocycles. The summed E-state index contributed by atoms with van der Waals surface area (Å²) in [6.07, 6.45) is 7.41. The van der Waals surface area contributed by atoms with E-state index in [1.165, 1.54) is 10.0 Å². The molecular formula is C15H28O2Sn. The Balaban J connectivity index is 2.48. The van der Waals surface area contributed by atoms with Crippen molar-refractivity contribution in [3.8, 4) is 0 Å². The van der Waals surface area contributed by atoms with Crippen molar-refractivity contribution in [2.24, 2.45) is 0 Å². The molecule has 1 aliphatic heterocycles. The monoisotopic (exact) mass is 360 g/mol. The Kier molecular flexibility index (Phi) is 6.96. The van der Waals surface area contributed by atoms with Crippen molar-refractivity contribution >= 4 is 18.4 Å². The molecule has 3 heteroatoms. The third kappa shape index (κ3) is 5.89. The molecule has 1 unspecified atom stereocenters. The van der Waals surface area contributed by atoms with E-state index in [0.29, 0.717) is 0 Å². The predicted molar refractivity (Wildman–Crippen MR) is 80.4 cm³/mol. The molecule has 1 rings (SSSR count). The van der Waals surface area contributed by atoms with Gasteiger partial charge in [0.2, 0.25) is 0 Å². The molecule has 1 fully saturated rings. The Bertz CT molecular complexity index is 275. The molecule has 0 aromatic heterocycles. The average molecular weight is 359 g/mol. The molecule has 0 saturated carbocycles. The van der Waals surface area contributed by atoms with E-state index in [1.54, 1.807) is 0 Å². The number of hydrogen-bond donors (Lipinski definition) is 0. The third-order valence-electron chi connectivity index (χ3n) is 3.45. The number of hydrogen-bond acceptors (Lipinski definition) is 2. The van der Waals surface area contributed by atoms with Crippen molar-refractivity contribution in [1.82, 2.24) is 0 Å². The first-order valence-electron chi connectivity index (χ1n) is 6.99. The van der Waals surface area contributed by atoms with Crippen molar-refractivity contribution in [3.63, 3.8) is 0 Å². The fourth-order valence-corrected chi connectivity index (χ4v) is 4.38. The third-order valence-corrected chi connectivity index (χ3v) is 10.1. The maximum atomic E-state index is 6.08.